The molecule has 2 N–H and O–H groups in total. The first-order chi connectivity index (χ1) is 12.4. The average molecular weight is 359 g/mol. The summed E-state index contributed by atoms with van der Waals surface area (Å²) in [5, 5.41) is 10.7. The van der Waals surface area contributed by atoms with E-state index in [1.54, 1.807) is 6.92 Å². The van der Waals surface area contributed by atoms with Gasteiger partial charge < -0.3 is 14.7 Å². The number of carbonyl (C=O) groups excluding carboxylic acids is 1. The van der Waals surface area contributed by atoms with Crippen LogP contribution < -0.4 is 11.2 Å². The normalized spacial score (nSPS) is 22.8. The largest absolute Gasteiger partial charge is 0.445 e. The van der Waals surface area contributed by atoms with Crippen molar-refractivity contribution in [2.45, 2.75) is 31.6 Å². The number of benzene rings is 1. The quantitative estimate of drug-likeness (QED) is 0.846. The number of aromatic amines is 1. The summed E-state index contributed by atoms with van der Waals surface area (Å²) in [4.78, 5) is 39.3. The third kappa shape index (κ3) is 3.85. The van der Waals surface area contributed by atoms with Gasteiger partial charge in [-0.1, -0.05) is 30.3 Å². The molecule has 0 bridgehead atoms. The van der Waals surface area contributed by atoms with Gasteiger partial charge in [0.1, 0.15) is 6.61 Å². The van der Waals surface area contributed by atoms with Crippen LogP contribution >= 0.6 is 0 Å². The molecule has 8 heteroatoms. The van der Waals surface area contributed by atoms with Crippen LogP contribution in [0.3, 0.4) is 0 Å². The number of amides is 1. The second-order valence-corrected chi connectivity index (χ2v) is 6.63. The minimum absolute atomic E-state index is 0.104. The number of ether oxygens (including phenoxy) is 1. The van der Waals surface area contributed by atoms with Gasteiger partial charge in [0.15, 0.2) is 0 Å². The SMILES string of the molecule is C[C@@]1(O)CCN(C(=O)OCc2ccccc2)C[C@H]1n1ccc(=O)[nH]c1=O. The van der Waals surface area contributed by atoms with Gasteiger partial charge in [-0.25, -0.2) is 9.59 Å². The van der Waals surface area contributed by atoms with E-state index in [1.165, 1.54) is 21.7 Å². The highest BCUT2D eigenvalue weighted by molar-refractivity contribution is 5.67. The lowest BCUT2D eigenvalue weighted by Crippen LogP contribution is -2.55. The van der Waals surface area contributed by atoms with Crippen LogP contribution in [0.1, 0.15) is 24.9 Å². The summed E-state index contributed by atoms with van der Waals surface area (Å²) >= 11 is 0. The first-order valence-corrected chi connectivity index (χ1v) is 8.36. The second-order valence-electron chi connectivity index (χ2n) is 6.63. The van der Waals surface area contributed by atoms with Crippen LogP contribution in [0.2, 0.25) is 0 Å². The van der Waals surface area contributed by atoms with Gasteiger partial charge in [0.25, 0.3) is 5.56 Å². The standard InChI is InChI=1S/C18H21N3O5/c1-18(25)8-10-20(17(24)26-12-13-5-3-2-4-6-13)11-14(18)21-9-7-15(22)19-16(21)23/h2-7,9,14,25H,8,10-12H2,1H3,(H,19,22,23)/t14-,18-/m1/s1. The number of nitrogens with zero attached hydrogens (tertiary/aromatic N) is 2. The number of aliphatic hydroxyl groups is 1. The van der Waals surface area contributed by atoms with Crippen LogP contribution in [0.15, 0.2) is 52.2 Å². The predicted octanol–water partition coefficient (Wildman–Crippen LogP) is 0.871. The minimum atomic E-state index is -1.20. The Morgan fingerprint density at radius 2 is 2.04 bits per heavy atom. The Morgan fingerprint density at radius 3 is 2.73 bits per heavy atom. The zero-order valence-corrected chi connectivity index (χ0v) is 14.4. The van der Waals surface area contributed by atoms with Crippen molar-refractivity contribution in [1.29, 1.82) is 0 Å². The highest BCUT2D eigenvalue weighted by Crippen LogP contribution is 2.30. The van der Waals surface area contributed by atoms with Crippen LogP contribution in [-0.4, -0.2) is 44.3 Å². The van der Waals surface area contributed by atoms with E-state index < -0.39 is 29.0 Å². The van der Waals surface area contributed by atoms with Crippen molar-refractivity contribution in [2.75, 3.05) is 13.1 Å². The maximum absolute atomic E-state index is 12.4. The Balaban J connectivity index is 1.73. The Morgan fingerprint density at radius 1 is 1.31 bits per heavy atom. The lowest BCUT2D eigenvalue weighted by molar-refractivity contribution is -0.0502. The lowest BCUT2D eigenvalue weighted by Gasteiger charge is -2.42. The van der Waals surface area contributed by atoms with Crippen molar-refractivity contribution < 1.29 is 14.6 Å². The van der Waals surface area contributed by atoms with E-state index in [0.717, 1.165) is 5.56 Å². The molecule has 0 saturated carbocycles. The van der Waals surface area contributed by atoms with Crippen molar-refractivity contribution in [3.05, 3.63) is 69.0 Å². The van der Waals surface area contributed by atoms with Crippen molar-refractivity contribution in [3.8, 4) is 0 Å². The number of nitrogens with one attached hydrogen (secondary N) is 1. The number of H-pyrrole nitrogens is 1. The monoisotopic (exact) mass is 359 g/mol. The van der Waals surface area contributed by atoms with Crippen LogP contribution in [-0.2, 0) is 11.3 Å². The molecular weight excluding hydrogens is 338 g/mol. The van der Waals surface area contributed by atoms with Crippen LogP contribution in [0.5, 0.6) is 0 Å². The summed E-state index contributed by atoms with van der Waals surface area (Å²) in [7, 11) is 0. The number of carbonyl (C=O) groups is 1. The molecule has 0 radical (unpaired) electrons. The molecule has 1 aliphatic heterocycles. The van der Waals surface area contributed by atoms with Gasteiger partial charge in [0.05, 0.1) is 11.6 Å². The molecule has 0 unspecified atom stereocenters. The van der Waals surface area contributed by atoms with E-state index in [0.29, 0.717) is 6.54 Å². The van der Waals surface area contributed by atoms with E-state index >= 15 is 0 Å². The average Bonchev–Trinajstić information content (AvgIpc) is 2.61. The Labute approximate surface area is 149 Å². The number of piperidine rings is 1. The fraction of sp³-hybridized carbons (Fsp3) is 0.389. The molecule has 2 heterocycles. The minimum Gasteiger partial charge on any atom is -0.445 e. The van der Waals surface area contributed by atoms with Crippen molar-refractivity contribution in [1.82, 2.24) is 14.5 Å². The maximum atomic E-state index is 12.4. The fourth-order valence-corrected chi connectivity index (χ4v) is 3.06. The van der Waals surface area contributed by atoms with Crippen molar-refractivity contribution in [3.63, 3.8) is 0 Å². The summed E-state index contributed by atoms with van der Waals surface area (Å²) in [6, 6.07) is 9.84. The van der Waals surface area contributed by atoms with E-state index in [-0.39, 0.29) is 19.6 Å². The topological polar surface area (TPSA) is 105 Å². The zero-order chi connectivity index (χ0) is 18.7. The molecule has 2 atom stereocenters. The van der Waals surface area contributed by atoms with E-state index in [2.05, 4.69) is 4.98 Å². The smallest absolute Gasteiger partial charge is 0.410 e. The second kappa shape index (κ2) is 7.17. The molecule has 0 aliphatic carbocycles. The summed E-state index contributed by atoms with van der Waals surface area (Å²) in [6.07, 6.45) is 1.11. The number of hydrogen-bond donors (Lipinski definition) is 2. The molecule has 1 aromatic heterocycles. The van der Waals surface area contributed by atoms with Gasteiger partial charge in [-0.15, -0.1) is 0 Å². The van der Waals surface area contributed by atoms with Crippen molar-refractivity contribution in [2.24, 2.45) is 0 Å². The van der Waals surface area contributed by atoms with Gasteiger partial charge >= 0.3 is 11.8 Å². The first-order valence-electron chi connectivity index (χ1n) is 8.36. The van der Waals surface area contributed by atoms with Crippen LogP contribution in [0.4, 0.5) is 4.79 Å². The highest BCUT2D eigenvalue weighted by Gasteiger charge is 2.41. The molecule has 3 rings (SSSR count). The zero-order valence-electron chi connectivity index (χ0n) is 14.4. The van der Waals surface area contributed by atoms with E-state index in [4.69, 9.17) is 4.74 Å². The number of likely N-dealkylation sites (tertiary alicyclic amines) is 1. The summed E-state index contributed by atoms with van der Waals surface area (Å²) in [6.45, 7) is 2.18. The molecular formula is C18H21N3O5. The van der Waals surface area contributed by atoms with Crippen LogP contribution in [0.25, 0.3) is 0 Å². The lowest BCUT2D eigenvalue weighted by atomic mass is 9.88. The molecule has 2 aromatic rings. The third-order valence-corrected chi connectivity index (χ3v) is 4.65. The highest BCUT2D eigenvalue weighted by atomic mass is 16.6. The summed E-state index contributed by atoms with van der Waals surface area (Å²) < 4.78 is 6.58. The summed E-state index contributed by atoms with van der Waals surface area (Å²) in [5.41, 5.74) is -1.46. The molecule has 1 fully saturated rings. The Hall–Kier alpha value is -2.87. The molecule has 1 amide bonds. The molecule has 1 aromatic carbocycles. The Bertz CT molecular complexity index is 887. The third-order valence-electron chi connectivity index (χ3n) is 4.65. The molecule has 26 heavy (non-hydrogen) atoms. The molecule has 1 saturated heterocycles. The predicted molar refractivity (Wildman–Crippen MR) is 93.8 cm³/mol. The molecule has 8 nitrogen and oxygen atoms in total. The first kappa shape index (κ1) is 17.9. The number of hydrogen-bond acceptors (Lipinski definition) is 5. The van der Waals surface area contributed by atoms with Gasteiger partial charge in [-0.2, -0.15) is 0 Å². The number of rotatable bonds is 3. The Kier molecular flexibility index (Phi) is 4.94. The fourth-order valence-electron chi connectivity index (χ4n) is 3.06. The van der Waals surface area contributed by atoms with Crippen LogP contribution in [0, 0.1) is 0 Å². The van der Waals surface area contributed by atoms with Gasteiger partial charge in [-0.05, 0) is 18.9 Å². The van der Waals surface area contributed by atoms with Gasteiger partial charge in [0.2, 0.25) is 0 Å². The van der Waals surface area contributed by atoms with E-state index in [9.17, 15) is 19.5 Å². The summed E-state index contributed by atoms with van der Waals surface area (Å²) in [5.74, 6) is 0. The van der Waals surface area contributed by atoms with Crippen molar-refractivity contribution >= 4 is 6.09 Å². The molecule has 138 valence electrons. The van der Waals surface area contributed by atoms with E-state index in [1.807, 2.05) is 30.3 Å². The molecule has 0 spiro atoms. The van der Waals surface area contributed by atoms with Gasteiger partial charge in [-0.3, -0.25) is 14.3 Å². The molecule has 1 aliphatic rings. The number of aromatic nitrogens is 2. The van der Waals surface area contributed by atoms with Gasteiger partial charge in [0, 0.05) is 25.4 Å². The maximum Gasteiger partial charge on any atom is 0.410 e.